The van der Waals surface area contributed by atoms with Gasteiger partial charge in [0.2, 0.25) is 0 Å². The number of nitrogens with zero attached hydrogens (tertiary/aromatic N) is 3. The molecule has 6 nitrogen and oxygen atoms in total. The highest BCUT2D eigenvalue weighted by atomic mass is 16.5. The molecule has 0 aliphatic heterocycles. The number of ether oxygens (including phenoxy) is 1. The van der Waals surface area contributed by atoms with Crippen LogP contribution in [-0.2, 0) is 19.4 Å². The minimum absolute atomic E-state index is 0.142. The standard InChI is InChI=1S/C22H26N4O2/c1-15(2)28-18-10-8-16(9-11-18)12-24-22(27)19-14-25-26-20-7-5-3-4-6-17(20)13-23-21(19)26/h8-11,13-15H,3-7,12H2,1-2H3,(H,24,27). The van der Waals surface area contributed by atoms with Gasteiger partial charge in [-0.25, -0.2) is 9.50 Å². The zero-order chi connectivity index (χ0) is 19.5. The van der Waals surface area contributed by atoms with E-state index in [1.807, 2.05) is 48.8 Å². The van der Waals surface area contributed by atoms with Crippen molar-refractivity contribution in [1.29, 1.82) is 0 Å². The van der Waals surface area contributed by atoms with Crippen LogP contribution < -0.4 is 10.1 Å². The molecule has 0 saturated heterocycles. The summed E-state index contributed by atoms with van der Waals surface area (Å²) in [7, 11) is 0. The van der Waals surface area contributed by atoms with Crippen LogP contribution in [0, 0.1) is 0 Å². The van der Waals surface area contributed by atoms with E-state index in [0.29, 0.717) is 17.8 Å². The number of benzene rings is 1. The molecule has 0 fully saturated rings. The molecule has 2 heterocycles. The minimum Gasteiger partial charge on any atom is -0.491 e. The Labute approximate surface area is 164 Å². The first-order valence-electron chi connectivity index (χ1n) is 10.00. The molecular weight excluding hydrogens is 352 g/mol. The molecule has 146 valence electrons. The zero-order valence-corrected chi connectivity index (χ0v) is 16.4. The summed E-state index contributed by atoms with van der Waals surface area (Å²) in [6.45, 7) is 4.44. The average Bonchev–Trinajstić information content (AvgIpc) is 2.97. The molecule has 6 heteroatoms. The number of carbonyl (C=O) groups is 1. The molecular formula is C22H26N4O2. The lowest BCUT2D eigenvalue weighted by atomic mass is 10.1. The van der Waals surface area contributed by atoms with E-state index in [2.05, 4.69) is 15.4 Å². The Morgan fingerprint density at radius 2 is 1.93 bits per heavy atom. The summed E-state index contributed by atoms with van der Waals surface area (Å²) in [5.74, 6) is 0.677. The van der Waals surface area contributed by atoms with Gasteiger partial charge in [0.15, 0.2) is 5.65 Å². The molecule has 1 aliphatic carbocycles. The van der Waals surface area contributed by atoms with E-state index in [9.17, 15) is 4.79 Å². The molecule has 1 amide bonds. The fraction of sp³-hybridized carbons (Fsp3) is 0.409. The molecule has 0 radical (unpaired) electrons. The first kappa shape index (κ1) is 18.5. The lowest BCUT2D eigenvalue weighted by molar-refractivity contribution is 0.0952. The number of aromatic nitrogens is 3. The molecule has 1 N–H and O–H groups in total. The Morgan fingerprint density at radius 1 is 1.14 bits per heavy atom. The van der Waals surface area contributed by atoms with Crippen LogP contribution in [0.5, 0.6) is 5.75 Å². The van der Waals surface area contributed by atoms with Crippen molar-refractivity contribution in [2.45, 2.75) is 58.6 Å². The van der Waals surface area contributed by atoms with Crippen molar-refractivity contribution in [3.8, 4) is 5.75 Å². The summed E-state index contributed by atoms with van der Waals surface area (Å²) in [4.78, 5) is 17.2. The molecule has 2 aromatic heterocycles. The van der Waals surface area contributed by atoms with Crippen molar-refractivity contribution in [2.24, 2.45) is 0 Å². The van der Waals surface area contributed by atoms with Gasteiger partial charge >= 0.3 is 0 Å². The fourth-order valence-corrected chi connectivity index (χ4v) is 3.67. The summed E-state index contributed by atoms with van der Waals surface area (Å²) >= 11 is 0. The topological polar surface area (TPSA) is 68.5 Å². The van der Waals surface area contributed by atoms with Crippen molar-refractivity contribution < 1.29 is 9.53 Å². The average molecular weight is 378 g/mol. The highest BCUT2D eigenvalue weighted by Gasteiger charge is 2.18. The van der Waals surface area contributed by atoms with Crippen LogP contribution in [-0.4, -0.2) is 26.6 Å². The van der Waals surface area contributed by atoms with Crippen LogP contribution in [0.2, 0.25) is 0 Å². The number of hydrogen-bond donors (Lipinski definition) is 1. The minimum atomic E-state index is -0.154. The zero-order valence-electron chi connectivity index (χ0n) is 16.4. The van der Waals surface area contributed by atoms with Crippen LogP contribution in [0.3, 0.4) is 0 Å². The summed E-state index contributed by atoms with van der Waals surface area (Å²) < 4.78 is 7.50. The van der Waals surface area contributed by atoms with E-state index in [-0.39, 0.29) is 12.0 Å². The SMILES string of the molecule is CC(C)Oc1ccc(CNC(=O)c2cnn3c4c(cnc23)CCCCC4)cc1. The van der Waals surface area contributed by atoms with Crippen LogP contribution >= 0.6 is 0 Å². The van der Waals surface area contributed by atoms with Gasteiger partial charge in [0.05, 0.1) is 12.3 Å². The Kier molecular flexibility index (Phi) is 5.28. The Hall–Kier alpha value is -2.89. The molecule has 28 heavy (non-hydrogen) atoms. The fourth-order valence-electron chi connectivity index (χ4n) is 3.67. The molecule has 0 spiro atoms. The van der Waals surface area contributed by atoms with Gasteiger partial charge in [-0.2, -0.15) is 5.10 Å². The Bertz CT molecular complexity index is 976. The van der Waals surface area contributed by atoms with E-state index in [4.69, 9.17) is 4.74 Å². The van der Waals surface area contributed by atoms with Crippen molar-refractivity contribution in [3.05, 3.63) is 59.0 Å². The lowest BCUT2D eigenvalue weighted by Crippen LogP contribution is -2.23. The lowest BCUT2D eigenvalue weighted by Gasteiger charge is -2.10. The van der Waals surface area contributed by atoms with Crippen molar-refractivity contribution >= 4 is 11.6 Å². The summed E-state index contributed by atoms with van der Waals surface area (Å²) in [5.41, 5.74) is 4.62. The van der Waals surface area contributed by atoms with E-state index in [1.54, 1.807) is 6.20 Å². The first-order chi connectivity index (χ1) is 13.6. The molecule has 4 rings (SSSR count). The number of nitrogens with one attached hydrogen (secondary N) is 1. The van der Waals surface area contributed by atoms with Crippen molar-refractivity contribution in [2.75, 3.05) is 0 Å². The van der Waals surface area contributed by atoms with Crippen molar-refractivity contribution in [1.82, 2.24) is 19.9 Å². The van der Waals surface area contributed by atoms with Gasteiger partial charge in [-0.05, 0) is 62.8 Å². The second kappa shape index (κ2) is 8.00. The Balaban J connectivity index is 1.48. The molecule has 0 saturated carbocycles. The monoisotopic (exact) mass is 378 g/mol. The van der Waals surface area contributed by atoms with Crippen LogP contribution in [0.4, 0.5) is 0 Å². The van der Waals surface area contributed by atoms with Crippen LogP contribution in [0.25, 0.3) is 5.65 Å². The van der Waals surface area contributed by atoms with E-state index < -0.39 is 0 Å². The molecule has 0 unspecified atom stereocenters. The summed E-state index contributed by atoms with van der Waals surface area (Å²) in [6, 6.07) is 7.78. The third-order valence-corrected chi connectivity index (χ3v) is 5.07. The second-order valence-corrected chi connectivity index (χ2v) is 7.58. The predicted molar refractivity (Wildman–Crippen MR) is 108 cm³/mol. The van der Waals surface area contributed by atoms with Gasteiger partial charge in [-0.15, -0.1) is 0 Å². The highest BCUT2D eigenvalue weighted by molar-refractivity contribution is 5.99. The number of fused-ring (bicyclic) bond motifs is 3. The van der Waals surface area contributed by atoms with E-state index in [1.165, 1.54) is 24.1 Å². The first-order valence-corrected chi connectivity index (χ1v) is 10.00. The third kappa shape index (κ3) is 3.86. The van der Waals surface area contributed by atoms with Gasteiger partial charge in [-0.1, -0.05) is 18.6 Å². The van der Waals surface area contributed by atoms with E-state index in [0.717, 1.165) is 30.6 Å². The second-order valence-electron chi connectivity index (χ2n) is 7.58. The van der Waals surface area contributed by atoms with E-state index >= 15 is 0 Å². The maximum absolute atomic E-state index is 12.7. The normalized spacial score (nSPS) is 14.0. The Morgan fingerprint density at radius 3 is 2.71 bits per heavy atom. The van der Waals surface area contributed by atoms with Gasteiger partial charge < -0.3 is 10.1 Å². The number of carbonyl (C=O) groups excluding carboxylic acids is 1. The molecule has 1 aliphatic rings. The largest absolute Gasteiger partial charge is 0.491 e. The summed E-state index contributed by atoms with van der Waals surface area (Å²) in [5, 5.41) is 7.44. The number of amides is 1. The van der Waals surface area contributed by atoms with Gasteiger partial charge in [0.25, 0.3) is 5.91 Å². The third-order valence-electron chi connectivity index (χ3n) is 5.07. The number of rotatable bonds is 5. The van der Waals surface area contributed by atoms with Crippen molar-refractivity contribution in [3.63, 3.8) is 0 Å². The number of hydrogen-bond acceptors (Lipinski definition) is 4. The summed E-state index contributed by atoms with van der Waals surface area (Å²) in [6.07, 6.45) is 9.29. The maximum atomic E-state index is 12.7. The quantitative estimate of drug-likeness (QED) is 0.687. The molecule has 1 aromatic carbocycles. The molecule has 0 atom stereocenters. The molecule has 3 aromatic rings. The van der Waals surface area contributed by atoms with Gasteiger partial charge in [-0.3, -0.25) is 4.79 Å². The smallest absolute Gasteiger partial charge is 0.257 e. The van der Waals surface area contributed by atoms with Gasteiger partial charge in [0, 0.05) is 18.4 Å². The van der Waals surface area contributed by atoms with Crippen LogP contribution in [0.15, 0.2) is 36.7 Å². The van der Waals surface area contributed by atoms with Gasteiger partial charge in [0.1, 0.15) is 11.3 Å². The highest BCUT2D eigenvalue weighted by Crippen LogP contribution is 2.22. The molecule has 0 bridgehead atoms. The van der Waals surface area contributed by atoms with Crippen LogP contribution in [0.1, 0.15) is 60.3 Å². The predicted octanol–water partition coefficient (Wildman–Crippen LogP) is 3.72. The maximum Gasteiger partial charge on any atom is 0.257 e. The number of aryl methyl sites for hydroxylation is 2.